The molecule has 0 spiro atoms. The maximum Gasteiger partial charge on any atom is 0.287 e. The highest BCUT2D eigenvalue weighted by Gasteiger charge is 2.52. The Labute approximate surface area is 243 Å². The van der Waals surface area contributed by atoms with Crippen LogP contribution < -0.4 is 20.7 Å². The van der Waals surface area contributed by atoms with Crippen LogP contribution in [0.5, 0.6) is 5.75 Å². The molecule has 0 aliphatic heterocycles. The fourth-order valence-electron chi connectivity index (χ4n) is 5.38. The molecule has 3 aromatic rings. The number of amides is 2. The van der Waals surface area contributed by atoms with Gasteiger partial charge in [0.2, 0.25) is 11.8 Å². The third-order valence-electron chi connectivity index (χ3n) is 8.31. The molecule has 42 heavy (non-hydrogen) atoms. The molecule has 0 radical (unpaired) electrons. The van der Waals surface area contributed by atoms with Gasteiger partial charge in [-0.05, 0) is 74.0 Å². The summed E-state index contributed by atoms with van der Waals surface area (Å²) in [6, 6.07) is 12.5. The number of sulfone groups is 1. The number of fused-ring (bicyclic) bond motifs is 1. The van der Waals surface area contributed by atoms with Crippen molar-refractivity contribution >= 4 is 32.6 Å². The Morgan fingerprint density at radius 1 is 0.952 bits per heavy atom. The number of rotatable bonds is 10. The van der Waals surface area contributed by atoms with E-state index in [2.05, 4.69) is 16.0 Å². The van der Waals surface area contributed by atoms with Crippen LogP contribution in [0.1, 0.15) is 54.6 Å². The average molecular weight is 604 g/mol. The van der Waals surface area contributed by atoms with Gasteiger partial charge in [0.25, 0.3) is 5.91 Å². The van der Waals surface area contributed by atoms with Gasteiger partial charge >= 0.3 is 0 Å². The Morgan fingerprint density at radius 2 is 1.62 bits per heavy atom. The predicted octanol–water partition coefficient (Wildman–Crippen LogP) is 4.20. The highest BCUT2D eigenvalue weighted by Crippen LogP contribution is 2.41. The largest absolute Gasteiger partial charge is 0.496 e. The summed E-state index contributed by atoms with van der Waals surface area (Å²) >= 11 is 0. The van der Waals surface area contributed by atoms with Gasteiger partial charge in [-0.15, -0.1) is 0 Å². The number of nitrogens with one attached hydrogen (secondary N) is 3. The molecule has 0 unspecified atom stereocenters. The quantitative estimate of drug-likeness (QED) is 0.297. The second-order valence-electron chi connectivity index (χ2n) is 11.4. The first-order valence-electron chi connectivity index (χ1n) is 13.9. The van der Waals surface area contributed by atoms with Crippen LogP contribution in [-0.2, 0) is 21.1 Å². The zero-order valence-electron chi connectivity index (χ0n) is 23.8. The van der Waals surface area contributed by atoms with Crippen LogP contribution in [0.4, 0.5) is 8.78 Å². The molecule has 0 bridgehead atoms. The van der Waals surface area contributed by atoms with E-state index in [4.69, 9.17) is 9.15 Å². The lowest BCUT2D eigenvalue weighted by atomic mass is 9.78. The number of alkyl halides is 2. The van der Waals surface area contributed by atoms with E-state index < -0.39 is 51.6 Å². The number of halogens is 2. The number of hydrogen-bond acceptors (Lipinski definition) is 7. The third kappa shape index (κ3) is 6.44. The van der Waals surface area contributed by atoms with Gasteiger partial charge in [0, 0.05) is 24.5 Å². The normalized spacial score (nSPS) is 18.8. The molecule has 2 fully saturated rings. The zero-order chi connectivity index (χ0) is 30.3. The Hall–Kier alpha value is -3.51. The van der Waals surface area contributed by atoms with E-state index in [1.54, 1.807) is 25.2 Å². The van der Waals surface area contributed by atoms with Gasteiger partial charge in [-0.25, -0.2) is 17.2 Å². The van der Waals surface area contributed by atoms with E-state index in [1.807, 2.05) is 24.3 Å². The third-order valence-corrected chi connectivity index (χ3v) is 9.26. The maximum absolute atomic E-state index is 14.1. The van der Waals surface area contributed by atoms with Gasteiger partial charge in [0.1, 0.15) is 26.7 Å². The van der Waals surface area contributed by atoms with Gasteiger partial charge in [0.15, 0.2) is 5.76 Å². The molecule has 2 aliphatic rings. The van der Waals surface area contributed by atoms with E-state index in [0.29, 0.717) is 23.1 Å². The molecule has 1 heterocycles. The summed E-state index contributed by atoms with van der Waals surface area (Å²) < 4.78 is 62.7. The Kier molecular flexibility index (Phi) is 7.82. The molecule has 2 aliphatic carbocycles. The number of methoxy groups -OCH3 is 1. The number of aryl methyl sites for hydroxylation is 1. The summed E-state index contributed by atoms with van der Waals surface area (Å²) in [6.07, 6.45) is 1.56. The summed E-state index contributed by atoms with van der Waals surface area (Å²) in [6.45, 7) is 0. The SMILES string of the molecule is CNC1(NC(=O)C2(NC(=O)c3cc4ccc(-c5ccc(CCS(C)(=O)=O)c(OC)c5)cc4o3)CCC(F)(F)CC2)CC1. The molecule has 5 rings (SSSR count). The monoisotopic (exact) mass is 603 g/mol. The molecule has 12 heteroatoms. The number of carbonyl (C=O) groups excluding carboxylic acids is 2. The van der Waals surface area contributed by atoms with Gasteiger partial charge < -0.3 is 19.8 Å². The number of ether oxygens (including phenoxy) is 1. The number of benzene rings is 2. The number of hydrogen-bond donors (Lipinski definition) is 3. The molecule has 3 N–H and O–H groups in total. The lowest BCUT2D eigenvalue weighted by Gasteiger charge is -2.40. The van der Waals surface area contributed by atoms with E-state index in [-0.39, 0.29) is 24.4 Å². The smallest absolute Gasteiger partial charge is 0.287 e. The molecule has 2 aromatic carbocycles. The highest BCUT2D eigenvalue weighted by atomic mass is 32.2. The Morgan fingerprint density at radius 3 is 2.24 bits per heavy atom. The number of furan rings is 1. The van der Waals surface area contributed by atoms with Crippen molar-refractivity contribution < 1.29 is 35.9 Å². The molecule has 1 aromatic heterocycles. The minimum atomic E-state index is -3.13. The van der Waals surface area contributed by atoms with E-state index >= 15 is 0 Å². The van der Waals surface area contributed by atoms with Crippen molar-refractivity contribution in [1.29, 1.82) is 0 Å². The van der Waals surface area contributed by atoms with Crippen molar-refractivity contribution in [2.75, 3.05) is 26.2 Å². The molecular weight excluding hydrogens is 568 g/mol. The summed E-state index contributed by atoms with van der Waals surface area (Å²) in [5.41, 5.74) is 0.730. The molecule has 9 nitrogen and oxygen atoms in total. The van der Waals surface area contributed by atoms with Crippen LogP contribution >= 0.6 is 0 Å². The van der Waals surface area contributed by atoms with Crippen LogP contribution in [0.15, 0.2) is 46.9 Å². The fraction of sp³-hybridized carbons (Fsp3) is 0.467. The Balaban J connectivity index is 1.37. The van der Waals surface area contributed by atoms with Gasteiger partial charge in [0.05, 0.1) is 18.5 Å². The van der Waals surface area contributed by atoms with Crippen molar-refractivity contribution in [3.63, 3.8) is 0 Å². The van der Waals surface area contributed by atoms with Crippen molar-refractivity contribution in [3.8, 4) is 16.9 Å². The van der Waals surface area contributed by atoms with Gasteiger partial charge in [-0.2, -0.15) is 0 Å². The second kappa shape index (κ2) is 11.0. The van der Waals surface area contributed by atoms with E-state index in [0.717, 1.165) is 29.5 Å². The average Bonchev–Trinajstić information content (AvgIpc) is 3.59. The van der Waals surface area contributed by atoms with E-state index in [1.165, 1.54) is 13.4 Å². The van der Waals surface area contributed by atoms with E-state index in [9.17, 15) is 26.8 Å². The summed E-state index contributed by atoms with van der Waals surface area (Å²) in [7, 11) is 0.115. The molecule has 0 atom stereocenters. The van der Waals surface area contributed by atoms with Crippen LogP contribution in [0.2, 0.25) is 0 Å². The summed E-state index contributed by atoms with van der Waals surface area (Å²) in [4.78, 5) is 26.7. The molecule has 2 amide bonds. The molecule has 2 saturated carbocycles. The first-order chi connectivity index (χ1) is 19.8. The lowest BCUT2D eigenvalue weighted by molar-refractivity contribution is -0.134. The van der Waals surface area contributed by atoms with Crippen LogP contribution in [0.25, 0.3) is 22.1 Å². The summed E-state index contributed by atoms with van der Waals surface area (Å²) in [5, 5.41) is 9.37. The van der Waals surface area contributed by atoms with Gasteiger partial charge in [-0.3, -0.25) is 14.9 Å². The van der Waals surface area contributed by atoms with Crippen LogP contribution in [0, 0.1) is 0 Å². The zero-order valence-corrected chi connectivity index (χ0v) is 24.6. The first-order valence-corrected chi connectivity index (χ1v) is 15.9. The van der Waals surface area contributed by atoms with Crippen molar-refractivity contribution in [3.05, 3.63) is 53.8 Å². The van der Waals surface area contributed by atoms with Crippen LogP contribution in [0.3, 0.4) is 0 Å². The topological polar surface area (TPSA) is 127 Å². The lowest BCUT2D eigenvalue weighted by Crippen LogP contribution is -2.64. The highest BCUT2D eigenvalue weighted by molar-refractivity contribution is 7.90. The molecular formula is C30H35F2N3O6S. The minimum absolute atomic E-state index is 0.00758. The number of carbonyl (C=O) groups is 2. The second-order valence-corrected chi connectivity index (χ2v) is 13.7. The van der Waals surface area contributed by atoms with Crippen molar-refractivity contribution in [1.82, 2.24) is 16.0 Å². The first kappa shape index (κ1) is 30.0. The van der Waals surface area contributed by atoms with Gasteiger partial charge in [-0.1, -0.05) is 24.3 Å². The van der Waals surface area contributed by atoms with Crippen molar-refractivity contribution in [2.24, 2.45) is 0 Å². The van der Waals surface area contributed by atoms with Crippen molar-refractivity contribution in [2.45, 2.75) is 62.1 Å². The molecule has 226 valence electrons. The maximum atomic E-state index is 14.1. The Bertz CT molecular complexity index is 1620. The van der Waals surface area contributed by atoms with Crippen LogP contribution in [-0.4, -0.2) is 63.5 Å². The summed E-state index contributed by atoms with van der Waals surface area (Å²) in [5.74, 6) is -3.49. The predicted molar refractivity (Wildman–Crippen MR) is 154 cm³/mol. The standard InChI is InChI=1S/C30H35F2N3O6S/c1-33-30(13-14-30)35-27(37)28(9-11-29(31,32)12-10-28)34-26(36)25-18-22-7-6-21(17-24(22)41-25)20-5-4-19(23(16-20)40-2)8-15-42(3,38)39/h4-7,16-18,33H,8-15H2,1-3H3,(H,34,36)(H,35,37). The minimum Gasteiger partial charge on any atom is -0.496 e. The fourth-order valence-corrected chi connectivity index (χ4v) is 5.97. The molecule has 0 saturated heterocycles.